The van der Waals surface area contributed by atoms with E-state index in [0.29, 0.717) is 47.9 Å². The highest BCUT2D eigenvalue weighted by Crippen LogP contribution is 2.24. The Morgan fingerprint density at radius 3 is 2.81 bits per heavy atom. The molecule has 0 aliphatic carbocycles. The summed E-state index contributed by atoms with van der Waals surface area (Å²) in [6.45, 7) is 6.26. The van der Waals surface area contributed by atoms with E-state index in [-0.39, 0.29) is 23.6 Å². The lowest BCUT2D eigenvalue weighted by Crippen LogP contribution is -2.54. The Morgan fingerprint density at radius 1 is 1.28 bits per heavy atom. The van der Waals surface area contributed by atoms with Gasteiger partial charge in [0.15, 0.2) is 5.16 Å². The number of anilines is 1. The lowest BCUT2D eigenvalue weighted by Gasteiger charge is -2.40. The number of unbranched alkanes of at least 4 members (excludes halogenated alkanes) is 1. The zero-order chi connectivity index (χ0) is 23.1. The van der Waals surface area contributed by atoms with Gasteiger partial charge in [0.2, 0.25) is 5.91 Å². The third kappa shape index (κ3) is 6.56. The summed E-state index contributed by atoms with van der Waals surface area (Å²) in [6, 6.07) is 7.32. The number of halogens is 2. The first kappa shape index (κ1) is 24.3. The molecule has 1 saturated heterocycles. The maximum absolute atomic E-state index is 13.5. The highest BCUT2D eigenvalue weighted by molar-refractivity contribution is 7.99. The maximum atomic E-state index is 13.5. The fourth-order valence-corrected chi connectivity index (χ4v) is 4.36. The summed E-state index contributed by atoms with van der Waals surface area (Å²) in [7, 11) is 0. The topological polar surface area (TPSA) is 78.4 Å². The number of aromatic nitrogens is 2. The van der Waals surface area contributed by atoms with Crippen molar-refractivity contribution < 1.29 is 14.0 Å². The SMILES string of the molecule is CCCCNC(=O)CSc1nc(Cl)cc(N2CCN(C(=O)c3cccc(F)c3)C(C)C2)n1. The van der Waals surface area contributed by atoms with Gasteiger partial charge in [-0.25, -0.2) is 14.4 Å². The van der Waals surface area contributed by atoms with Crippen molar-refractivity contribution in [1.29, 1.82) is 0 Å². The highest BCUT2D eigenvalue weighted by atomic mass is 35.5. The van der Waals surface area contributed by atoms with Crippen molar-refractivity contribution in [3.63, 3.8) is 0 Å². The Labute approximate surface area is 196 Å². The predicted octanol–water partition coefficient (Wildman–Crippen LogP) is 3.63. The largest absolute Gasteiger partial charge is 0.355 e. The van der Waals surface area contributed by atoms with Gasteiger partial charge in [-0.15, -0.1) is 0 Å². The summed E-state index contributed by atoms with van der Waals surface area (Å²) in [4.78, 5) is 37.3. The van der Waals surface area contributed by atoms with Gasteiger partial charge in [-0.05, 0) is 31.5 Å². The smallest absolute Gasteiger partial charge is 0.254 e. The second kappa shape index (κ2) is 11.5. The normalized spacial score (nSPS) is 16.2. The molecule has 2 aromatic rings. The number of amides is 2. The van der Waals surface area contributed by atoms with Crippen molar-refractivity contribution in [3.8, 4) is 0 Å². The van der Waals surface area contributed by atoms with Crippen molar-refractivity contribution in [1.82, 2.24) is 20.2 Å². The van der Waals surface area contributed by atoms with E-state index in [0.717, 1.165) is 12.8 Å². The summed E-state index contributed by atoms with van der Waals surface area (Å²) in [6.07, 6.45) is 1.97. The monoisotopic (exact) mass is 479 g/mol. The van der Waals surface area contributed by atoms with Crippen LogP contribution in [0.25, 0.3) is 0 Å². The minimum absolute atomic E-state index is 0.0633. The molecule has 32 heavy (non-hydrogen) atoms. The molecule has 1 aromatic heterocycles. The zero-order valence-corrected chi connectivity index (χ0v) is 19.8. The number of nitrogens with one attached hydrogen (secondary N) is 1. The Balaban J connectivity index is 1.61. The van der Waals surface area contributed by atoms with Crippen LogP contribution in [0.1, 0.15) is 37.0 Å². The van der Waals surface area contributed by atoms with E-state index in [9.17, 15) is 14.0 Å². The number of hydrogen-bond donors (Lipinski definition) is 1. The molecule has 172 valence electrons. The Hall–Kier alpha value is -2.39. The molecule has 0 saturated carbocycles. The molecule has 1 unspecified atom stereocenters. The van der Waals surface area contributed by atoms with Crippen molar-refractivity contribution in [3.05, 3.63) is 46.9 Å². The molecule has 1 aliphatic heterocycles. The summed E-state index contributed by atoms with van der Waals surface area (Å²) >= 11 is 7.44. The molecule has 1 aliphatic rings. The molecule has 3 rings (SSSR count). The molecule has 2 heterocycles. The van der Waals surface area contributed by atoms with Crippen LogP contribution in [-0.2, 0) is 4.79 Å². The first-order valence-corrected chi connectivity index (χ1v) is 12.0. The van der Waals surface area contributed by atoms with Crippen molar-refractivity contribution >= 4 is 41.0 Å². The molecule has 10 heteroatoms. The highest BCUT2D eigenvalue weighted by Gasteiger charge is 2.29. The van der Waals surface area contributed by atoms with E-state index in [1.807, 2.05) is 11.8 Å². The van der Waals surface area contributed by atoms with Crippen LogP contribution in [0.5, 0.6) is 0 Å². The number of hydrogen-bond acceptors (Lipinski definition) is 6. The van der Waals surface area contributed by atoms with Crippen LogP contribution in [0.4, 0.5) is 10.2 Å². The Morgan fingerprint density at radius 2 is 2.09 bits per heavy atom. The lowest BCUT2D eigenvalue weighted by molar-refractivity contribution is -0.118. The van der Waals surface area contributed by atoms with E-state index in [4.69, 9.17) is 11.6 Å². The third-order valence-electron chi connectivity index (χ3n) is 5.13. The lowest BCUT2D eigenvalue weighted by atomic mass is 10.1. The van der Waals surface area contributed by atoms with E-state index >= 15 is 0 Å². The molecule has 1 atom stereocenters. The van der Waals surface area contributed by atoms with Gasteiger partial charge in [-0.1, -0.05) is 42.8 Å². The first-order valence-electron chi connectivity index (χ1n) is 10.6. The van der Waals surface area contributed by atoms with E-state index in [1.165, 1.54) is 30.0 Å². The van der Waals surface area contributed by atoms with Gasteiger partial charge >= 0.3 is 0 Å². The fraction of sp³-hybridized carbons (Fsp3) is 0.455. The number of rotatable bonds is 8. The molecular weight excluding hydrogens is 453 g/mol. The molecular formula is C22H27ClFN5O2S. The van der Waals surface area contributed by atoms with Gasteiger partial charge in [-0.2, -0.15) is 0 Å². The molecule has 0 spiro atoms. The second-order valence-electron chi connectivity index (χ2n) is 7.63. The van der Waals surface area contributed by atoms with Crippen LogP contribution in [-0.4, -0.2) is 64.7 Å². The van der Waals surface area contributed by atoms with Gasteiger partial charge in [0, 0.05) is 43.9 Å². The molecule has 0 radical (unpaired) electrons. The molecule has 0 bridgehead atoms. The van der Waals surface area contributed by atoms with Crippen LogP contribution in [0.15, 0.2) is 35.5 Å². The number of carbonyl (C=O) groups excluding carboxylic acids is 2. The minimum atomic E-state index is -0.429. The number of nitrogens with zero attached hydrogens (tertiary/aromatic N) is 4. The van der Waals surface area contributed by atoms with Gasteiger partial charge in [0.25, 0.3) is 5.91 Å². The second-order valence-corrected chi connectivity index (χ2v) is 8.96. The van der Waals surface area contributed by atoms with Crippen LogP contribution < -0.4 is 10.2 Å². The van der Waals surface area contributed by atoms with Crippen LogP contribution in [0.2, 0.25) is 5.15 Å². The van der Waals surface area contributed by atoms with E-state index in [1.54, 1.807) is 17.0 Å². The maximum Gasteiger partial charge on any atom is 0.254 e. The summed E-state index contributed by atoms with van der Waals surface area (Å²) in [5.74, 6) is 0.190. The van der Waals surface area contributed by atoms with Gasteiger partial charge in [-0.3, -0.25) is 9.59 Å². The Kier molecular flexibility index (Phi) is 8.69. The van der Waals surface area contributed by atoms with Crippen molar-refractivity contribution in [2.75, 3.05) is 36.8 Å². The first-order chi connectivity index (χ1) is 15.4. The molecule has 1 N–H and O–H groups in total. The van der Waals surface area contributed by atoms with E-state index in [2.05, 4.69) is 22.2 Å². The fourth-order valence-electron chi connectivity index (χ4n) is 3.45. The molecule has 2 amide bonds. The van der Waals surface area contributed by atoms with Gasteiger partial charge in [0.05, 0.1) is 5.75 Å². The number of carbonyl (C=O) groups is 2. The molecule has 1 fully saturated rings. The van der Waals surface area contributed by atoms with Crippen molar-refractivity contribution in [2.24, 2.45) is 0 Å². The average Bonchev–Trinajstić information content (AvgIpc) is 2.77. The standard InChI is InChI=1S/C22H27ClFN5O2S/c1-3-4-8-25-20(30)14-32-22-26-18(23)12-19(27-22)28-9-10-29(15(2)13-28)21(31)16-6-5-7-17(24)11-16/h5-7,11-12,15H,3-4,8-10,13-14H2,1-2H3,(H,25,30). The number of thioether (sulfide) groups is 1. The van der Waals surface area contributed by atoms with Gasteiger partial charge in [0.1, 0.15) is 16.8 Å². The zero-order valence-electron chi connectivity index (χ0n) is 18.2. The summed E-state index contributed by atoms with van der Waals surface area (Å²) < 4.78 is 13.5. The molecule has 7 nitrogen and oxygen atoms in total. The third-order valence-corrected chi connectivity index (χ3v) is 6.17. The number of benzene rings is 1. The molecule has 1 aromatic carbocycles. The average molecular weight is 480 g/mol. The quantitative estimate of drug-likeness (QED) is 0.269. The Bertz CT molecular complexity index is 964. The van der Waals surface area contributed by atoms with Crippen LogP contribution in [0.3, 0.4) is 0 Å². The predicted molar refractivity (Wildman–Crippen MR) is 125 cm³/mol. The van der Waals surface area contributed by atoms with E-state index < -0.39 is 5.82 Å². The van der Waals surface area contributed by atoms with Crippen molar-refractivity contribution in [2.45, 2.75) is 37.9 Å². The van der Waals surface area contributed by atoms with Crippen LogP contribution >= 0.6 is 23.4 Å². The summed E-state index contributed by atoms with van der Waals surface area (Å²) in [5.41, 5.74) is 0.339. The van der Waals surface area contributed by atoms with Crippen LogP contribution in [0, 0.1) is 5.82 Å². The number of piperazine rings is 1. The summed E-state index contributed by atoms with van der Waals surface area (Å²) in [5, 5.41) is 3.60. The minimum Gasteiger partial charge on any atom is -0.355 e. The van der Waals surface area contributed by atoms with Gasteiger partial charge < -0.3 is 15.1 Å².